The van der Waals surface area contributed by atoms with Crippen LogP contribution >= 0.6 is 11.3 Å². The Hall–Kier alpha value is -1.02. The maximum absolute atomic E-state index is 12.5. The average Bonchev–Trinajstić information content (AvgIpc) is 2.96. The Morgan fingerprint density at radius 1 is 1.55 bits per heavy atom. The molecule has 3 rings (SSSR count). The van der Waals surface area contributed by atoms with Gasteiger partial charge in [-0.2, -0.15) is 0 Å². The third-order valence-corrected chi connectivity index (χ3v) is 5.99. The van der Waals surface area contributed by atoms with Gasteiger partial charge in [-0.3, -0.25) is 4.79 Å². The molecule has 1 aliphatic heterocycles. The van der Waals surface area contributed by atoms with Gasteiger partial charge in [0.2, 0.25) is 0 Å². The number of aromatic nitrogens is 1. The van der Waals surface area contributed by atoms with E-state index in [0.29, 0.717) is 31.0 Å². The van der Waals surface area contributed by atoms with Gasteiger partial charge in [-0.15, -0.1) is 11.3 Å². The third-order valence-electron chi connectivity index (χ3n) is 5.07. The van der Waals surface area contributed by atoms with Crippen LogP contribution in [-0.2, 0) is 4.74 Å². The number of hydrogen-bond donors (Lipinski definition) is 2. The van der Waals surface area contributed by atoms with Crippen LogP contribution in [0.2, 0.25) is 0 Å². The zero-order chi connectivity index (χ0) is 15.7. The van der Waals surface area contributed by atoms with Gasteiger partial charge in [-0.25, -0.2) is 4.98 Å². The fourth-order valence-electron chi connectivity index (χ4n) is 3.59. The molecule has 7 heteroatoms. The third kappa shape index (κ3) is 2.56. The Morgan fingerprint density at radius 2 is 2.27 bits per heavy atom. The summed E-state index contributed by atoms with van der Waals surface area (Å²) in [5.41, 5.74) is 2.24. The molecule has 1 saturated heterocycles. The molecule has 2 atom stereocenters. The van der Waals surface area contributed by atoms with E-state index in [4.69, 9.17) is 9.84 Å². The monoisotopic (exact) mass is 326 g/mol. The summed E-state index contributed by atoms with van der Waals surface area (Å²) >= 11 is 1.38. The largest absolute Gasteiger partial charge is 0.394 e. The van der Waals surface area contributed by atoms with Crippen molar-refractivity contribution in [3.05, 3.63) is 16.1 Å². The summed E-state index contributed by atoms with van der Waals surface area (Å²) in [5, 5.41) is 19.1. The standard InChI is InChI=1S/C15H22N2O4S/c1-10-13(22-9-16-10)14(20)17-4-2-15(3-5-17)11(19)8-12(15)21-7-6-18/h9,11-12,18-19H,2-8H2,1H3/t11-,12+/m1/s1. The van der Waals surface area contributed by atoms with E-state index in [-0.39, 0.29) is 30.1 Å². The van der Waals surface area contributed by atoms with Crippen LogP contribution in [-0.4, -0.2) is 64.5 Å². The molecule has 0 radical (unpaired) electrons. The van der Waals surface area contributed by atoms with Gasteiger partial charge < -0.3 is 19.8 Å². The molecule has 0 unspecified atom stereocenters. The molecule has 2 aliphatic rings. The number of aliphatic hydroxyl groups is 2. The van der Waals surface area contributed by atoms with Crippen LogP contribution in [0.15, 0.2) is 5.51 Å². The summed E-state index contributed by atoms with van der Waals surface area (Å²) < 4.78 is 5.66. The predicted molar refractivity (Wildman–Crippen MR) is 81.9 cm³/mol. The Balaban J connectivity index is 1.62. The minimum Gasteiger partial charge on any atom is -0.394 e. The lowest BCUT2D eigenvalue weighted by Gasteiger charge is -2.56. The normalized spacial score (nSPS) is 27.0. The first-order chi connectivity index (χ1) is 10.6. The fourth-order valence-corrected chi connectivity index (χ4v) is 4.36. The summed E-state index contributed by atoms with van der Waals surface area (Å²) in [4.78, 5) is 19.2. The van der Waals surface area contributed by atoms with Crippen molar-refractivity contribution in [2.24, 2.45) is 5.41 Å². The summed E-state index contributed by atoms with van der Waals surface area (Å²) in [6.45, 7) is 3.42. The molecule has 22 heavy (non-hydrogen) atoms. The second kappa shape index (κ2) is 6.23. The number of aryl methyl sites for hydroxylation is 1. The Labute approximate surface area is 133 Å². The minimum atomic E-state index is -0.362. The van der Waals surface area contributed by atoms with E-state index < -0.39 is 0 Å². The molecular formula is C15H22N2O4S. The topological polar surface area (TPSA) is 82.9 Å². The fraction of sp³-hybridized carbons (Fsp3) is 0.733. The average molecular weight is 326 g/mol. The molecule has 1 amide bonds. The van der Waals surface area contributed by atoms with E-state index in [2.05, 4.69) is 4.98 Å². The zero-order valence-electron chi connectivity index (χ0n) is 12.7. The van der Waals surface area contributed by atoms with E-state index in [0.717, 1.165) is 18.5 Å². The lowest BCUT2D eigenvalue weighted by atomic mass is 9.58. The summed E-state index contributed by atoms with van der Waals surface area (Å²) in [6, 6.07) is 0. The minimum absolute atomic E-state index is 0.00204. The summed E-state index contributed by atoms with van der Waals surface area (Å²) in [5.74, 6) is 0.0384. The maximum Gasteiger partial charge on any atom is 0.265 e. The van der Waals surface area contributed by atoms with Crippen molar-refractivity contribution < 1.29 is 19.7 Å². The predicted octanol–water partition coefficient (Wildman–Crippen LogP) is 0.816. The SMILES string of the molecule is Cc1ncsc1C(=O)N1CCC2(CC1)[C@H](O)C[C@@H]2OCCO. The van der Waals surface area contributed by atoms with Gasteiger partial charge in [0.1, 0.15) is 4.88 Å². The molecule has 1 aromatic rings. The number of ether oxygens (including phenoxy) is 1. The number of thiazole rings is 1. The molecule has 0 aromatic carbocycles. The highest BCUT2D eigenvalue weighted by Gasteiger charge is 2.56. The lowest BCUT2D eigenvalue weighted by molar-refractivity contribution is -0.211. The van der Waals surface area contributed by atoms with E-state index >= 15 is 0 Å². The second-order valence-corrected chi connectivity index (χ2v) is 6.98. The van der Waals surface area contributed by atoms with Crippen LogP contribution in [0.25, 0.3) is 0 Å². The van der Waals surface area contributed by atoms with Crippen LogP contribution in [0.3, 0.4) is 0 Å². The maximum atomic E-state index is 12.5. The van der Waals surface area contributed by atoms with Crippen LogP contribution in [0.4, 0.5) is 0 Å². The molecular weight excluding hydrogens is 304 g/mol. The van der Waals surface area contributed by atoms with Crippen molar-refractivity contribution in [3.8, 4) is 0 Å². The van der Waals surface area contributed by atoms with E-state index in [1.807, 2.05) is 11.8 Å². The van der Waals surface area contributed by atoms with Gasteiger partial charge in [0.15, 0.2) is 0 Å². The molecule has 6 nitrogen and oxygen atoms in total. The van der Waals surface area contributed by atoms with E-state index in [1.54, 1.807) is 5.51 Å². The van der Waals surface area contributed by atoms with Crippen molar-refractivity contribution in [2.45, 2.75) is 38.4 Å². The van der Waals surface area contributed by atoms with Gasteiger partial charge in [0.05, 0.1) is 36.6 Å². The van der Waals surface area contributed by atoms with Crippen molar-refractivity contribution >= 4 is 17.2 Å². The molecule has 122 valence electrons. The van der Waals surface area contributed by atoms with Gasteiger partial charge in [-0.1, -0.05) is 0 Å². The first-order valence-electron chi connectivity index (χ1n) is 7.68. The summed E-state index contributed by atoms with van der Waals surface area (Å²) in [6.07, 6.45) is 1.75. The Bertz CT molecular complexity index is 539. The first-order valence-corrected chi connectivity index (χ1v) is 8.56. The smallest absolute Gasteiger partial charge is 0.265 e. The van der Waals surface area contributed by atoms with Crippen LogP contribution < -0.4 is 0 Å². The molecule has 2 fully saturated rings. The van der Waals surface area contributed by atoms with E-state index in [1.165, 1.54) is 11.3 Å². The van der Waals surface area contributed by atoms with Crippen LogP contribution in [0.1, 0.15) is 34.6 Å². The lowest BCUT2D eigenvalue weighted by Crippen LogP contribution is -2.62. The van der Waals surface area contributed by atoms with Gasteiger partial charge >= 0.3 is 0 Å². The van der Waals surface area contributed by atoms with Crippen molar-refractivity contribution in [1.82, 2.24) is 9.88 Å². The molecule has 1 spiro atoms. The number of carbonyl (C=O) groups excluding carboxylic acids is 1. The van der Waals surface area contributed by atoms with Crippen molar-refractivity contribution in [2.75, 3.05) is 26.3 Å². The number of hydrogen-bond acceptors (Lipinski definition) is 6. The summed E-state index contributed by atoms with van der Waals surface area (Å²) in [7, 11) is 0. The molecule has 1 saturated carbocycles. The number of nitrogens with zero attached hydrogens (tertiary/aromatic N) is 2. The van der Waals surface area contributed by atoms with Crippen LogP contribution in [0, 0.1) is 12.3 Å². The first kappa shape index (κ1) is 15.9. The molecule has 2 heterocycles. The molecule has 1 aliphatic carbocycles. The van der Waals surface area contributed by atoms with Crippen LogP contribution in [0.5, 0.6) is 0 Å². The number of rotatable bonds is 4. The van der Waals surface area contributed by atoms with E-state index in [9.17, 15) is 9.90 Å². The van der Waals surface area contributed by atoms with Crippen molar-refractivity contribution in [3.63, 3.8) is 0 Å². The molecule has 2 N–H and O–H groups in total. The van der Waals surface area contributed by atoms with Gasteiger partial charge in [0.25, 0.3) is 5.91 Å². The molecule has 1 aromatic heterocycles. The Morgan fingerprint density at radius 3 is 2.82 bits per heavy atom. The molecule has 0 bridgehead atoms. The number of aliphatic hydroxyl groups excluding tert-OH is 2. The highest BCUT2D eigenvalue weighted by atomic mass is 32.1. The highest BCUT2D eigenvalue weighted by molar-refractivity contribution is 7.11. The van der Waals surface area contributed by atoms with Gasteiger partial charge in [0, 0.05) is 24.9 Å². The number of likely N-dealkylation sites (tertiary alicyclic amines) is 1. The highest BCUT2D eigenvalue weighted by Crippen LogP contribution is 2.51. The van der Waals surface area contributed by atoms with Crippen molar-refractivity contribution in [1.29, 1.82) is 0 Å². The quantitative estimate of drug-likeness (QED) is 0.856. The number of piperidine rings is 1. The number of amides is 1. The Kier molecular flexibility index (Phi) is 4.49. The number of carbonyl (C=O) groups is 1. The second-order valence-electron chi connectivity index (χ2n) is 6.13. The zero-order valence-corrected chi connectivity index (χ0v) is 13.5. The van der Waals surface area contributed by atoms with Gasteiger partial charge in [-0.05, 0) is 19.8 Å².